The number of hydrogen-bond acceptors (Lipinski definition) is 2. The maximum atomic E-state index is 12.8. The van der Waals surface area contributed by atoms with E-state index in [1.807, 2.05) is 0 Å². The second-order valence-electron chi connectivity index (χ2n) is 8.51. The predicted octanol–water partition coefficient (Wildman–Crippen LogP) is 2.80. The van der Waals surface area contributed by atoms with Gasteiger partial charge in [-0.15, -0.1) is 0 Å². The Morgan fingerprint density at radius 3 is 2.50 bits per heavy atom. The van der Waals surface area contributed by atoms with E-state index >= 15 is 0 Å². The monoisotopic (exact) mass is 278 g/mol. The highest BCUT2D eigenvalue weighted by molar-refractivity contribution is 5.84. The van der Waals surface area contributed by atoms with Crippen molar-refractivity contribution in [1.82, 2.24) is 10.2 Å². The Balaban J connectivity index is 1.82. The van der Waals surface area contributed by atoms with Crippen molar-refractivity contribution in [2.24, 2.45) is 16.7 Å². The molecule has 4 atom stereocenters. The third-order valence-corrected chi connectivity index (χ3v) is 6.28. The first-order chi connectivity index (χ1) is 9.25. The number of hydrogen-bond donors (Lipinski definition) is 1. The topological polar surface area (TPSA) is 32.3 Å². The summed E-state index contributed by atoms with van der Waals surface area (Å²) < 4.78 is 0. The quantitative estimate of drug-likeness (QED) is 0.861. The minimum Gasteiger partial charge on any atom is -0.337 e. The molecule has 0 aromatic carbocycles. The lowest BCUT2D eigenvalue weighted by atomic mass is 9.67. The van der Waals surface area contributed by atoms with Crippen LogP contribution in [-0.2, 0) is 4.79 Å². The molecule has 3 rings (SSSR count). The SMILES string of the molecule is CC(C)NC1CCN(C2C3(C)CCC(C3)C2(C)C)C1=O. The summed E-state index contributed by atoms with van der Waals surface area (Å²) in [5, 5.41) is 3.44. The van der Waals surface area contributed by atoms with Crippen LogP contribution in [0.5, 0.6) is 0 Å². The molecule has 3 aliphatic rings. The second-order valence-corrected chi connectivity index (χ2v) is 8.51. The van der Waals surface area contributed by atoms with Gasteiger partial charge in [0, 0.05) is 18.6 Å². The summed E-state index contributed by atoms with van der Waals surface area (Å²) in [5.41, 5.74) is 0.645. The first-order valence-electron chi connectivity index (χ1n) is 8.32. The second kappa shape index (κ2) is 4.46. The van der Waals surface area contributed by atoms with Crippen LogP contribution in [0.4, 0.5) is 0 Å². The number of fused-ring (bicyclic) bond motifs is 2. The molecule has 1 saturated heterocycles. The maximum Gasteiger partial charge on any atom is 0.240 e. The third kappa shape index (κ3) is 1.93. The number of nitrogens with one attached hydrogen (secondary N) is 1. The van der Waals surface area contributed by atoms with E-state index < -0.39 is 0 Å². The molecule has 2 aliphatic carbocycles. The van der Waals surface area contributed by atoms with Gasteiger partial charge >= 0.3 is 0 Å². The maximum absolute atomic E-state index is 12.8. The fourth-order valence-electron chi connectivity index (χ4n) is 5.57. The van der Waals surface area contributed by atoms with Gasteiger partial charge in [-0.3, -0.25) is 4.79 Å². The summed E-state index contributed by atoms with van der Waals surface area (Å²) in [7, 11) is 0. The van der Waals surface area contributed by atoms with Gasteiger partial charge in [0.1, 0.15) is 0 Å². The van der Waals surface area contributed by atoms with E-state index in [9.17, 15) is 4.79 Å². The fourth-order valence-corrected chi connectivity index (χ4v) is 5.57. The van der Waals surface area contributed by atoms with E-state index in [0.717, 1.165) is 18.9 Å². The Bertz CT molecular complexity index is 412. The van der Waals surface area contributed by atoms with Crippen molar-refractivity contribution in [3.8, 4) is 0 Å². The molecule has 2 saturated carbocycles. The van der Waals surface area contributed by atoms with Crippen LogP contribution in [0.2, 0.25) is 0 Å². The molecule has 1 heterocycles. The van der Waals surface area contributed by atoms with Crippen LogP contribution in [0, 0.1) is 16.7 Å². The molecule has 3 heteroatoms. The Morgan fingerprint density at radius 1 is 1.25 bits per heavy atom. The molecular weight excluding hydrogens is 248 g/mol. The molecule has 0 radical (unpaired) electrons. The summed E-state index contributed by atoms with van der Waals surface area (Å²) >= 11 is 0. The summed E-state index contributed by atoms with van der Waals surface area (Å²) in [6.45, 7) is 12.4. The number of rotatable bonds is 3. The van der Waals surface area contributed by atoms with Gasteiger partial charge in [-0.2, -0.15) is 0 Å². The normalized spacial score (nSPS) is 43.0. The van der Waals surface area contributed by atoms with Crippen LogP contribution in [0.1, 0.15) is 60.3 Å². The van der Waals surface area contributed by atoms with E-state index in [0.29, 0.717) is 23.4 Å². The predicted molar refractivity (Wildman–Crippen MR) is 81.4 cm³/mol. The molecule has 1 aliphatic heterocycles. The van der Waals surface area contributed by atoms with Gasteiger partial charge in [0.25, 0.3) is 0 Å². The van der Waals surface area contributed by atoms with Gasteiger partial charge in [0.2, 0.25) is 5.91 Å². The zero-order valence-corrected chi connectivity index (χ0v) is 13.7. The Labute approximate surface area is 123 Å². The lowest BCUT2D eigenvalue weighted by molar-refractivity contribution is -0.137. The zero-order chi connectivity index (χ0) is 14.7. The van der Waals surface area contributed by atoms with Gasteiger partial charge in [-0.1, -0.05) is 34.6 Å². The van der Waals surface area contributed by atoms with E-state index in [2.05, 4.69) is 44.8 Å². The highest BCUT2D eigenvalue weighted by atomic mass is 16.2. The average Bonchev–Trinajstić information content (AvgIpc) is 2.92. The minimum atomic E-state index is 0.0496. The van der Waals surface area contributed by atoms with E-state index in [1.165, 1.54) is 19.3 Å². The van der Waals surface area contributed by atoms with Crippen molar-refractivity contribution in [1.29, 1.82) is 0 Å². The third-order valence-electron chi connectivity index (χ3n) is 6.28. The molecule has 2 bridgehead atoms. The van der Waals surface area contributed by atoms with Crippen molar-refractivity contribution in [3.63, 3.8) is 0 Å². The standard InChI is InChI=1S/C17H30N2O/c1-11(2)18-13-7-9-19(14(13)20)15-16(3,4)12-6-8-17(15,5)10-12/h11-13,15,18H,6-10H2,1-5H3. The number of likely N-dealkylation sites (tertiary alicyclic amines) is 1. The molecule has 0 aromatic rings. The minimum absolute atomic E-state index is 0.0496. The smallest absolute Gasteiger partial charge is 0.240 e. The molecule has 0 spiro atoms. The zero-order valence-electron chi connectivity index (χ0n) is 13.7. The molecule has 20 heavy (non-hydrogen) atoms. The van der Waals surface area contributed by atoms with Gasteiger partial charge in [0.15, 0.2) is 0 Å². The van der Waals surface area contributed by atoms with Gasteiger partial charge in [-0.25, -0.2) is 0 Å². The number of nitrogens with zero attached hydrogens (tertiary/aromatic N) is 1. The van der Waals surface area contributed by atoms with Crippen molar-refractivity contribution in [2.45, 2.75) is 78.4 Å². The van der Waals surface area contributed by atoms with Crippen molar-refractivity contribution >= 4 is 5.91 Å². The van der Waals surface area contributed by atoms with E-state index in [1.54, 1.807) is 0 Å². The number of amides is 1. The lowest BCUT2D eigenvalue weighted by Crippen LogP contribution is -2.55. The fraction of sp³-hybridized carbons (Fsp3) is 0.941. The van der Waals surface area contributed by atoms with Crippen LogP contribution in [0.3, 0.4) is 0 Å². The lowest BCUT2D eigenvalue weighted by Gasteiger charge is -2.47. The van der Waals surface area contributed by atoms with E-state index in [4.69, 9.17) is 0 Å². The van der Waals surface area contributed by atoms with Crippen LogP contribution in [0.15, 0.2) is 0 Å². The van der Waals surface area contributed by atoms with Crippen LogP contribution < -0.4 is 5.32 Å². The molecule has 114 valence electrons. The molecule has 3 fully saturated rings. The number of carbonyl (C=O) groups excluding carboxylic acids is 1. The highest BCUT2D eigenvalue weighted by Crippen LogP contribution is 2.64. The van der Waals surface area contributed by atoms with E-state index in [-0.39, 0.29) is 11.5 Å². The summed E-state index contributed by atoms with van der Waals surface area (Å²) in [5.74, 6) is 1.16. The average molecular weight is 278 g/mol. The van der Waals surface area contributed by atoms with Gasteiger partial charge in [0.05, 0.1) is 6.04 Å². The Kier molecular flexibility index (Phi) is 3.20. The molecule has 1 amide bonds. The molecule has 0 aromatic heterocycles. The van der Waals surface area contributed by atoms with Crippen molar-refractivity contribution < 1.29 is 4.79 Å². The van der Waals surface area contributed by atoms with Gasteiger partial charge < -0.3 is 10.2 Å². The number of carbonyl (C=O) groups is 1. The first-order valence-corrected chi connectivity index (χ1v) is 8.32. The van der Waals surface area contributed by atoms with Gasteiger partial charge in [-0.05, 0) is 42.4 Å². The summed E-state index contributed by atoms with van der Waals surface area (Å²) in [6.07, 6.45) is 4.95. The largest absolute Gasteiger partial charge is 0.337 e. The Morgan fingerprint density at radius 2 is 1.95 bits per heavy atom. The molecule has 3 nitrogen and oxygen atoms in total. The molecule has 4 unspecified atom stereocenters. The van der Waals surface area contributed by atoms with Crippen molar-refractivity contribution in [3.05, 3.63) is 0 Å². The van der Waals surface area contributed by atoms with Crippen LogP contribution >= 0.6 is 0 Å². The summed E-state index contributed by atoms with van der Waals surface area (Å²) in [4.78, 5) is 15.0. The Hall–Kier alpha value is -0.570. The van der Waals surface area contributed by atoms with Crippen LogP contribution in [-0.4, -0.2) is 35.5 Å². The van der Waals surface area contributed by atoms with Crippen LogP contribution in [0.25, 0.3) is 0 Å². The first kappa shape index (κ1) is 14.4. The molecular formula is C17H30N2O. The highest BCUT2D eigenvalue weighted by Gasteiger charge is 2.62. The molecule has 1 N–H and O–H groups in total. The summed E-state index contributed by atoms with van der Waals surface area (Å²) in [6, 6.07) is 0.876. The van der Waals surface area contributed by atoms with Crippen molar-refractivity contribution in [2.75, 3.05) is 6.54 Å².